The Labute approximate surface area is 101 Å². The van der Waals surface area contributed by atoms with Crippen LogP contribution in [0.5, 0.6) is 0 Å². The van der Waals surface area contributed by atoms with Crippen LogP contribution in [-0.4, -0.2) is 23.6 Å². The van der Waals surface area contributed by atoms with Crippen molar-refractivity contribution in [1.29, 1.82) is 0 Å². The first-order chi connectivity index (χ1) is 8.22. The molecular weight excluding hydrogens is 214 g/mol. The molecular formula is C14H17NO2. The average molecular weight is 231 g/mol. The van der Waals surface area contributed by atoms with E-state index in [1.807, 2.05) is 42.2 Å². The van der Waals surface area contributed by atoms with E-state index in [4.69, 9.17) is 0 Å². The molecule has 0 N–H and O–H groups in total. The van der Waals surface area contributed by atoms with Gasteiger partial charge in [-0.25, -0.2) is 0 Å². The van der Waals surface area contributed by atoms with Crippen molar-refractivity contribution in [2.45, 2.75) is 25.8 Å². The van der Waals surface area contributed by atoms with E-state index in [1.165, 1.54) is 0 Å². The molecule has 17 heavy (non-hydrogen) atoms. The van der Waals surface area contributed by atoms with Crippen molar-refractivity contribution in [3.63, 3.8) is 0 Å². The maximum Gasteiger partial charge on any atom is 0.223 e. The molecule has 3 heteroatoms. The number of carbonyl (C=O) groups excluding carboxylic acids is 2. The Morgan fingerprint density at radius 3 is 2.76 bits per heavy atom. The Kier molecular flexibility index (Phi) is 3.57. The van der Waals surface area contributed by atoms with Crippen LogP contribution in [0.1, 0.15) is 31.4 Å². The zero-order valence-corrected chi connectivity index (χ0v) is 10.0. The summed E-state index contributed by atoms with van der Waals surface area (Å²) in [4.78, 5) is 24.2. The van der Waals surface area contributed by atoms with Gasteiger partial charge in [0.25, 0.3) is 0 Å². The summed E-state index contributed by atoms with van der Waals surface area (Å²) in [6, 6.07) is 10.1. The van der Waals surface area contributed by atoms with Crippen molar-refractivity contribution in [1.82, 2.24) is 4.90 Å². The van der Waals surface area contributed by atoms with Crippen LogP contribution in [0.25, 0.3) is 0 Å². The summed E-state index contributed by atoms with van der Waals surface area (Å²) < 4.78 is 0. The number of rotatable bonds is 4. The van der Waals surface area contributed by atoms with Crippen LogP contribution in [-0.2, 0) is 9.59 Å². The van der Waals surface area contributed by atoms with Gasteiger partial charge in [-0.05, 0) is 18.4 Å². The van der Waals surface area contributed by atoms with Gasteiger partial charge in [-0.3, -0.25) is 4.79 Å². The first-order valence-corrected chi connectivity index (χ1v) is 6.00. The maximum absolute atomic E-state index is 11.9. The molecule has 2 atom stereocenters. The third-order valence-electron chi connectivity index (χ3n) is 3.42. The fourth-order valence-corrected chi connectivity index (χ4v) is 2.39. The van der Waals surface area contributed by atoms with Crippen LogP contribution in [0.2, 0.25) is 0 Å². The third kappa shape index (κ3) is 2.54. The fraction of sp³-hybridized carbons (Fsp3) is 0.429. The molecule has 0 bridgehead atoms. The van der Waals surface area contributed by atoms with Crippen molar-refractivity contribution in [3.8, 4) is 0 Å². The molecule has 0 saturated carbocycles. The summed E-state index contributed by atoms with van der Waals surface area (Å²) in [6.07, 6.45) is 1.91. The van der Waals surface area contributed by atoms with E-state index >= 15 is 0 Å². The van der Waals surface area contributed by atoms with E-state index in [0.29, 0.717) is 19.4 Å². The van der Waals surface area contributed by atoms with Gasteiger partial charge in [0.1, 0.15) is 6.29 Å². The molecule has 1 aromatic carbocycles. The molecule has 0 aliphatic carbocycles. The molecule has 3 nitrogen and oxygen atoms in total. The Balaban J connectivity index is 2.08. The predicted molar refractivity (Wildman–Crippen MR) is 65.4 cm³/mol. The van der Waals surface area contributed by atoms with Gasteiger partial charge in [0.05, 0.1) is 6.04 Å². The van der Waals surface area contributed by atoms with Gasteiger partial charge < -0.3 is 9.69 Å². The van der Waals surface area contributed by atoms with Crippen LogP contribution in [0.15, 0.2) is 30.3 Å². The summed E-state index contributed by atoms with van der Waals surface area (Å²) in [5.74, 6) is 0.361. The van der Waals surface area contributed by atoms with E-state index in [0.717, 1.165) is 11.8 Å². The highest BCUT2D eigenvalue weighted by Crippen LogP contribution is 2.29. The van der Waals surface area contributed by atoms with Crippen molar-refractivity contribution >= 4 is 12.2 Å². The number of aldehydes is 1. The topological polar surface area (TPSA) is 37.4 Å². The Bertz CT molecular complexity index is 402. The summed E-state index contributed by atoms with van der Waals surface area (Å²) in [5.41, 5.74) is 1.15. The Morgan fingerprint density at radius 1 is 1.41 bits per heavy atom. The highest BCUT2D eigenvalue weighted by Gasteiger charge is 2.32. The molecule has 1 amide bonds. The molecule has 1 heterocycles. The largest absolute Gasteiger partial charge is 0.336 e. The molecule has 0 unspecified atom stereocenters. The summed E-state index contributed by atoms with van der Waals surface area (Å²) in [5, 5.41) is 0. The SMILES string of the molecule is C[C@H](c1ccccc1)N1C[C@@H](CC=O)CC1=O. The standard InChI is InChI=1S/C14H17NO2/c1-11(13-5-3-2-4-6-13)15-10-12(7-8-16)9-14(15)17/h2-6,8,11-12H,7,9-10H2,1H3/t11-,12+/m1/s1. The molecule has 1 saturated heterocycles. The molecule has 1 aliphatic rings. The highest BCUT2D eigenvalue weighted by atomic mass is 16.2. The Hall–Kier alpha value is -1.64. The highest BCUT2D eigenvalue weighted by molar-refractivity contribution is 5.79. The predicted octanol–water partition coefficient (Wildman–Crippen LogP) is 2.19. The second-order valence-electron chi connectivity index (χ2n) is 4.61. The number of amides is 1. The van der Waals surface area contributed by atoms with Crippen LogP contribution in [0.4, 0.5) is 0 Å². The van der Waals surface area contributed by atoms with Crippen LogP contribution >= 0.6 is 0 Å². The summed E-state index contributed by atoms with van der Waals surface area (Å²) >= 11 is 0. The van der Waals surface area contributed by atoms with Crippen LogP contribution in [0.3, 0.4) is 0 Å². The molecule has 1 aromatic rings. The second kappa shape index (κ2) is 5.13. The van der Waals surface area contributed by atoms with Gasteiger partial charge in [-0.15, -0.1) is 0 Å². The van der Waals surface area contributed by atoms with E-state index in [1.54, 1.807) is 0 Å². The van der Waals surface area contributed by atoms with Gasteiger partial charge in [0, 0.05) is 19.4 Å². The molecule has 1 fully saturated rings. The number of hydrogen-bond acceptors (Lipinski definition) is 2. The number of carbonyl (C=O) groups is 2. The lowest BCUT2D eigenvalue weighted by molar-refractivity contribution is -0.129. The maximum atomic E-state index is 11.9. The molecule has 90 valence electrons. The lowest BCUT2D eigenvalue weighted by atomic mass is 10.1. The van der Waals surface area contributed by atoms with Crippen LogP contribution in [0, 0.1) is 5.92 Å². The van der Waals surface area contributed by atoms with Gasteiger partial charge in [-0.2, -0.15) is 0 Å². The zero-order chi connectivity index (χ0) is 12.3. The first kappa shape index (κ1) is 11.8. The average Bonchev–Trinajstić information content (AvgIpc) is 2.71. The van der Waals surface area contributed by atoms with Crippen molar-refractivity contribution < 1.29 is 9.59 Å². The summed E-state index contributed by atoms with van der Waals surface area (Å²) in [6.45, 7) is 2.74. The van der Waals surface area contributed by atoms with Gasteiger partial charge in [-0.1, -0.05) is 30.3 Å². The lowest BCUT2D eigenvalue weighted by Crippen LogP contribution is -2.28. The quantitative estimate of drug-likeness (QED) is 0.745. The van der Waals surface area contributed by atoms with Gasteiger partial charge in [0.2, 0.25) is 5.91 Å². The second-order valence-corrected chi connectivity index (χ2v) is 4.61. The van der Waals surface area contributed by atoms with E-state index < -0.39 is 0 Å². The monoisotopic (exact) mass is 231 g/mol. The van der Waals surface area contributed by atoms with E-state index in [-0.39, 0.29) is 17.9 Å². The lowest BCUT2D eigenvalue weighted by Gasteiger charge is -2.25. The first-order valence-electron chi connectivity index (χ1n) is 6.00. The van der Waals surface area contributed by atoms with Crippen molar-refractivity contribution in [3.05, 3.63) is 35.9 Å². The van der Waals surface area contributed by atoms with Crippen molar-refractivity contribution in [2.24, 2.45) is 5.92 Å². The number of likely N-dealkylation sites (tertiary alicyclic amines) is 1. The molecule has 0 aromatic heterocycles. The van der Waals surface area contributed by atoms with E-state index in [2.05, 4.69) is 0 Å². The fourth-order valence-electron chi connectivity index (χ4n) is 2.39. The molecule has 1 aliphatic heterocycles. The molecule has 0 radical (unpaired) electrons. The van der Waals surface area contributed by atoms with Gasteiger partial charge >= 0.3 is 0 Å². The zero-order valence-electron chi connectivity index (χ0n) is 10.0. The summed E-state index contributed by atoms with van der Waals surface area (Å²) in [7, 11) is 0. The van der Waals surface area contributed by atoms with Crippen LogP contribution < -0.4 is 0 Å². The smallest absolute Gasteiger partial charge is 0.223 e. The number of benzene rings is 1. The number of hydrogen-bond donors (Lipinski definition) is 0. The normalized spacial score (nSPS) is 21.6. The minimum absolute atomic E-state index is 0.0975. The molecule has 0 spiro atoms. The Morgan fingerprint density at radius 2 is 2.12 bits per heavy atom. The van der Waals surface area contributed by atoms with E-state index in [9.17, 15) is 9.59 Å². The van der Waals surface area contributed by atoms with Gasteiger partial charge in [0.15, 0.2) is 0 Å². The van der Waals surface area contributed by atoms with Crippen molar-refractivity contribution in [2.75, 3.05) is 6.54 Å². The molecule has 2 rings (SSSR count). The third-order valence-corrected chi connectivity index (χ3v) is 3.42. The minimum Gasteiger partial charge on any atom is -0.336 e. The number of nitrogens with zero attached hydrogens (tertiary/aromatic N) is 1. The minimum atomic E-state index is 0.0975.